The van der Waals surface area contributed by atoms with Gasteiger partial charge in [0.1, 0.15) is 0 Å². The molecule has 0 spiro atoms. The Labute approximate surface area is 102 Å². The minimum absolute atomic E-state index is 0.744. The number of aromatic amines is 1. The van der Waals surface area contributed by atoms with Crippen molar-refractivity contribution in [2.75, 3.05) is 19.6 Å². The van der Waals surface area contributed by atoms with Crippen molar-refractivity contribution in [1.29, 1.82) is 0 Å². The molecule has 1 N–H and O–H groups in total. The first-order valence-electron chi connectivity index (χ1n) is 6.73. The number of benzene rings is 1. The number of hydrogen-bond donors (Lipinski definition) is 1. The summed E-state index contributed by atoms with van der Waals surface area (Å²) in [5, 5.41) is 1.45. The van der Waals surface area contributed by atoms with Gasteiger partial charge in [-0.15, -0.1) is 0 Å². The summed E-state index contributed by atoms with van der Waals surface area (Å²) in [6.45, 7) is 3.81. The minimum atomic E-state index is 0.744. The van der Waals surface area contributed by atoms with Crippen LogP contribution in [0.4, 0.5) is 0 Å². The predicted octanol–water partition coefficient (Wildman–Crippen LogP) is 2.90. The third-order valence-electron chi connectivity index (χ3n) is 4.44. The standard InChI is InChI=1S/C15H18N2/c1-2-6-14-12(5-1)13-7-9-17-8-3-4-11(10-17)15(13)16-14/h1-2,5-6,11,16H,3-4,7-10H2/t11-/m1/s1. The molecular formula is C15H18N2. The lowest BCUT2D eigenvalue weighted by Gasteiger charge is -2.29. The van der Waals surface area contributed by atoms with Gasteiger partial charge in [-0.1, -0.05) is 18.2 Å². The fourth-order valence-corrected chi connectivity index (χ4v) is 3.60. The van der Waals surface area contributed by atoms with Crippen LogP contribution in [0.25, 0.3) is 10.9 Å². The summed E-state index contributed by atoms with van der Waals surface area (Å²) in [5.74, 6) is 0.744. The highest BCUT2D eigenvalue weighted by molar-refractivity contribution is 5.85. The van der Waals surface area contributed by atoms with Gasteiger partial charge in [0.05, 0.1) is 0 Å². The van der Waals surface area contributed by atoms with Gasteiger partial charge in [-0.25, -0.2) is 0 Å². The molecular weight excluding hydrogens is 208 g/mol. The van der Waals surface area contributed by atoms with Crippen LogP contribution in [0.1, 0.15) is 30.0 Å². The average Bonchev–Trinajstić information content (AvgIpc) is 2.70. The summed E-state index contributed by atoms with van der Waals surface area (Å²) in [7, 11) is 0. The van der Waals surface area contributed by atoms with E-state index in [0.29, 0.717) is 0 Å². The smallest absolute Gasteiger partial charge is 0.0459 e. The monoisotopic (exact) mass is 226 g/mol. The highest BCUT2D eigenvalue weighted by atomic mass is 15.1. The Balaban J connectivity index is 1.91. The molecule has 3 heterocycles. The van der Waals surface area contributed by atoms with E-state index in [-0.39, 0.29) is 0 Å². The zero-order valence-electron chi connectivity index (χ0n) is 10.1. The zero-order chi connectivity index (χ0) is 11.2. The molecule has 2 aliphatic rings. The van der Waals surface area contributed by atoms with E-state index in [9.17, 15) is 0 Å². The van der Waals surface area contributed by atoms with Gasteiger partial charge < -0.3 is 9.88 Å². The Morgan fingerprint density at radius 2 is 2.12 bits per heavy atom. The zero-order valence-corrected chi connectivity index (χ0v) is 10.1. The van der Waals surface area contributed by atoms with Gasteiger partial charge in [-0.05, 0) is 37.4 Å². The summed E-state index contributed by atoms with van der Waals surface area (Å²) in [6, 6.07) is 8.78. The van der Waals surface area contributed by atoms with E-state index in [0.717, 1.165) is 5.92 Å². The average molecular weight is 226 g/mol. The van der Waals surface area contributed by atoms with Gasteiger partial charge in [0, 0.05) is 35.6 Å². The lowest BCUT2D eigenvalue weighted by Crippen LogP contribution is -2.33. The second-order valence-corrected chi connectivity index (χ2v) is 5.45. The molecule has 1 saturated heterocycles. The topological polar surface area (TPSA) is 19.0 Å². The maximum atomic E-state index is 3.68. The van der Waals surface area contributed by atoms with Crippen LogP contribution in [-0.2, 0) is 6.42 Å². The van der Waals surface area contributed by atoms with Crippen molar-refractivity contribution < 1.29 is 0 Å². The van der Waals surface area contributed by atoms with E-state index in [1.54, 1.807) is 5.56 Å². The van der Waals surface area contributed by atoms with Gasteiger partial charge in [0.2, 0.25) is 0 Å². The van der Waals surface area contributed by atoms with Crippen molar-refractivity contribution in [3.63, 3.8) is 0 Å². The van der Waals surface area contributed by atoms with Crippen LogP contribution in [-0.4, -0.2) is 29.5 Å². The van der Waals surface area contributed by atoms with Gasteiger partial charge >= 0.3 is 0 Å². The van der Waals surface area contributed by atoms with Crippen LogP contribution >= 0.6 is 0 Å². The Morgan fingerprint density at radius 3 is 3.12 bits per heavy atom. The lowest BCUT2D eigenvalue weighted by molar-refractivity contribution is 0.217. The second kappa shape index (κ2) is 3.61. The Kier molecular flexibility index (Phi) is 2.06. The number of hydrogen-bond acceptors (Lipinski definition) is 1. The van der Waals surface area contributed by atoms with Crippen LogP contribution in [0.5, 0.6) is 0 Å². The van der Waals surface area contributed by atoms with Gasteiger partial charge in [0.15, 0.2) is 0 Å². The first kappa shape index (κ1) is 9.72. The van der Waals surface area contributed by atoms with E-state index in [4.69, 9.17) is 0 Å². The molecule has 1 fully saturated rings. The van der Waals surface area contributed by atoms with Gasteiger partial charge in [-0.2, -0.15) is 0 Å². The third kappa shape index (κ3) is 1.44. The van der Waals surface area contributed by atoms with E-state index >= 15 is 0 Å². The van der Waals surface area contributed by atoms with Crippen LogP contribution < -0.4 is 0 Å². The maximum absolute atomic E-state index is 3.68. The number of para-hydroxylation sites is 1. The molecule has 17 heavy (non-hydrogen) atoms. The molecule has 0 amide bonds. The minimum Gasteiger partial charge on any atom is -0.358 e. The third-order valence-corrected chi connectivity index (χ3v) is 4.44. The number of rotatable bonds is 0. The van der Waals surface area contributed by atoms with Crippen molar-refractivity contribution in [3.8, 4) is 0 Å². The molecule has 2 heteroatoms. The molecule has 1 aromatic heterocycles. The summed E-state index contributed by atoms with van der Waals surface area (Å²) in [5.41, 5.74) is 4.46. The molecule has 2 nitrogen and oxygen atoms in total. The van der Waals surface area contributed by atoms with E-state index < -0.39 is 0 Å². The number of nitrogens with zero attached hydrogens (tertiary/aromatic N) is 1. The molecule has 0 saturated carbocycles. The summed E-state index contributed by atoms with van der Waals surface area (Å²) in [6.07, 6.45) is 3.94. The van der Waals surface area contributed by atoms with E-state index in [1.807, 2.05) is 0 Å². The molecule has 1 unspecified atom stereocenters. The van der Waals surface area contributed by atoms with Crippen LogP contribution in [0.15, 0.2) is 24.3 Å². The van der Waals surface area contributed by atoms with Crippen LogP contribution in [0, 0.1) is 0 Å². The molecule has 2 bridgehead atoms. The first-order valence-corrected chi connectivity index (χ1v) is 6.73. The number of aromatic nitrogens is 1. The first-order chi connectivity index (χ1) is 8.42. The summed E-state index contributed by atoms with van der Waals surface area (Å²) >= 11 is 0. The Hall–Kier alpha value is -1.28. The van der Waals surface area contributed by atoms with Gasteiger partial charge in [-0.3, -0.25) is 0 Å². The quantitative estimate of drug-likeness (QED) is 0.732. The van der Waals surface area contributed by atoms with Crippen molar-refractivity contribution in [1.82, 2.24) is 9.88 Å². The molecule has 2 atom stereocenters. The van der Waals surface area contributed by atoms with Crippen molar-refractivity contribution in [2.24, 2.45) is 0 Å². The number of fused-ring (bicyclic) bond motifs is 6. The predicted molar refractivity (Wildman–Crippen MR) is 70.4 cm³/mol. The molecule has 2 aromatic rings. The Bertz CT molecular complexity index is 555. The number of nitrogens with one attached hydrogen (secondary N) is 1. The molecule has 2 aliphatic heterocycles. The molecule has 0 radical (unpaired) electrons. The highest BCUT2D eigenvalue weighted by Gasteiger charge is 2.28. The van der Waals surface area contributed by atoms with Crippen molar-refractivity contribution in [3.05, 3.63) is 35.5 Å². The summed E-state index contributed by atoms with van der Waals surface area (Å²) < 4.78 is 0. The van der Waals surface area contributed by atoms with Crippen LogP contribution in [0.3, 0.4) is 0 Å². The molecule has 88 valence electrons. The number of H-pyrrole nitrogens is 1. The maximum Gasteiger partial charge on any atom is 0.0459 e. The van der Waals surface area contributed by atoms with Gasteiger partial charge in [0.25, 0.3) is 0 Å². The fourth-order valence-electron chi connectivity index (χ4n) is 3.60. The number of piperidine rings is 1. The van der Waals surface area contributed by atoms with Crippen LogP contribution in [0.2, 0.25) is 0 Å². The lowest BCUT2D eigenvalue weighted by atomic mass is 9.93. The molecule has 1 aromatic carbocycles. The largest absolute Gasteiger partial charge is 0.358 e. The summed E-state index contributed by atoms with van der Waals surface area (Å²) in [4.78, 5) is 6.32. The molecule has 0 aliphatic carbocycles. The van der Waals surface area contributed by atoms with Crippen molar-refractivity contribution in [2.45, 2.75) is 25.2 Å². The van der Waals surface area contributed by atoms with Crippen molar-refractivity contribution >= 4 is 10.9 Å². The van der Waals surface area contributed by atoms with E-state index in [2.05, 4.69) is 34.1 Å². The highest BCUT2D eigenvalue weighted by Crippen LogP contribution is 2.35. The SMILES string of the molecule is c1ccc2c3c([nH]c2c1)[C@@H]1CCCN(CC3)C1. The Morgan fingerprint density at radius 1 is 1.18 bits per heavy atom. The normalized spacial score (nSPS) is 27.8. The molecule has 4 rings (SSSR count). The van der Waals surface area contributed by atoms with E-state index in [1.165, 1.54) is 55.5 Å². The second-order valence-electron chi connectivity index (χ2n) is 5.45. The fraction of sp³-hybridized carbons (Fsp3) is 0.467.